The van der Waals surface area contributed by atoms with E-state index < -0.39 is 41.7 Å². The van der Waals surface area contributed by atoms with Crippen molar-refractivity contribution in [2.75, 3.05) is 26.8 Å². The standard InChI is InChI=1S/C36H42ClFN4O7/c1-22(2)20-29-36(46)42(4)18-19-47-30-10-6-5-8-26(30)34(44)41-28(16-17-32(43)40-29)35(45)39-23(3)21-48-33-27(38)9-7-11-31(33)49-25-14-12-24(37)13-15-25/h5-15,22-23,28-29H,16-21H2,1-4H3,(H,39,45)(H,40,43)(H,41,44)/t23-,28+,29-/m1/s1. The van der Waals surface area contributed by atoms with E-state index in [2.05, 4.69) is 16.0 Å². The summed E-state index contributed by atoms with van der Waals surface area (Å²) >= 11 is 5.95. The van der Waals surface area contributed by atoms with Gasteiger partial charge in [0, 0.05) is 18.5 Å². The number of nitrogens with one attached hydrogen (secondary N) is 3. The van der Waals surface area contributed by atoms with E-state index in [1.807, 2.05) is 13.8 Å². The number of benzene rings is 3. The van der Waals surface area contributed by atoms with Crippen LogP contribution >= 0.6 is 11.6 Å². The lowest BCUT2D eigenvalue weighted by Gasteiger charge is -2.26. The van der Waals surface area contributed by atoms with Crippen LogP contribution in [0, 0.1) is 11.7 Å². The molecule has 3 aromatic carbocycles. The molecular weight excluding hydrogens is 655 g/mol. The summed E-state index contributed by atoms with van der Waals surface area (Å²) < 4.78 is 32.3. The molecule has 3 aromatic rings. The molecule has 0 unspecified atom stereocenters. The van der Waals surface area contributed by atoms with Crippen molar-refractivity contribution >= 4 is 35.2 Å². The quantitative estimate of drug-likeness (QED) is 0.283. The van der Waals surface area contributed by atoms with Crippen molar-refractivity contribution in [1.29, 1.82) is 0 Å². The second-order valence-corrected chi connectivity index (χ2v) is 12.7. The van der Waals surface area contributed by atoms with E-state index in [9.17, 15) is 23.6 Å². The Balaban J connectivity index is 1.49. The molecule has 0 aliphatic carbocycles. The number of carbonyl (C=O) groups excluding carboxylic acids is 4. The third kappa shape index (κ3) is 10.8. The van der Waals surface area contributed by atoms with Crippen molar-refractivity contribution in [3.63, 3.8) is 0 Å². The maximum atomic E-state index is 14.8. The van der Waals surface area contributed by atoms with Gasteiger partial charge in [0.1, 0.15) is 36.8 Å². The van der Waals surface area contributed by atoms with Gasteiger partial charge in [0.2, 0.25) is 17.7 Å². The van der Waals surface area contributed by atoms with Gasteiger partial charge in [0.15, 0.2) is 17.3 Å². The lowest BCUT2D eigenvalue weighted by atomic mass is 10.0. The van der Waals surface area contributed by atoms with Crippen LogP contribution in [0.3, 0.4) is 0 Å². The first kappa shape index (κ1) is 37.0. The van der Waals surface area contributed by atoms with Crippen molar-refractivity contribution in [1.82, 2.24) is 20.9 Å². The number of amides is 4. The minimum absolute atomic E-state index is 0.0647. The highest BCUT2D eigenvalue weighted by atomic mass is 35.5. The fraction of sp³-hybridized carbons (Fsp3) is 0.389. The molecule has 0 saturated heterocycles. The number of fused-ring (bicyclic) bond motifs is 1. The molecule has 0 spiro atoms. The van der Waals surface area contributed by atoms with Gasteiger partial charge >= 0.3 is 0 Å². The summed E-state index contributed by atoms with van der Waals surface area (Å²) in [5.74, 6) is -1.71. The van der Waals surface area contributed by atoms with Crippen molar-refractivity contribution in [3.8, 4) is 23.0 Å². The highest BCUT2D eigenvalue weighted by Gasteiger charge is 2.29. The van der Waals surface area contributed by atoms with Crippen LogP contribution in [-0.2, 0) is 14.4 Å². The second kappa shape index (κ2) is 17.5. The Bertz CT molecular complexity index is 1620. The minimum atomic E-state index is -1.14. The smallest absolute Gasteiger partial charge is 0.255 e. The summed E-state index contributed by atoms with van der Waals surface area (Å²) in [6.07, 6.45) is 0.212. The first-order chi connectivity index (χ1) is 23.4. The summed E-state index contributed by atoms with van der Waals surface area (Å²) in [5.41, 5.74) is 0.190. The van der Waals surface area contributed by atoms with Gasteiger partial charge in [0.05, 0.1) is 18.2 Å². The van der Waals surface area contributed by atoms with Crippen LogP contribution in [0.25, 0.3) is 0 Å². The third-order valence-electron chi connectivity index (χ3n) is 7.65. The first-order valence-electron chi connectivity index (χ1n) is 16.1. The van der Waals surface area contributed by atoms with Gasteiger partial charge in [-0.05, 0) is 74.2 Å². The van der Waals surface area contributed by atoms with Crippen LogP contribution in [0.15, 0.2) is 66.7 Å². The predicted octanol–water partition coefficient (Wildman–Crippen LogP) is 5.12. The molecule has 4 rings (SSSR count). The van der Waals surface area contributed by atoms with E-state index in [1.54, 1.807) is 68.6 Å². The zero-order valence-corrected chi connectivity index (χ0v) is 28.7. The van der Waals surface area contributed by atoms with E-state index >= 15 is 0 Å². The molecule has 0 bridgehead atoms. The zero-order valence-electron chi connectivity index (χ0n) is 28.0. The number of para-hydroxylation sites is 2. The molecular formula is C36H42ClFN4O7. The van der Waals surface area contributed by atoms with Crippen molar-refractivity contribution in [2.24, 2.45) is 5.92 Å². The Kier molecular flexibility index (Phi) is 13.2. The number of rotatable bonds is 9. The van der Waals surface area contributed by atoms with Crippen molar-refractivity contribution in [2.45, 2.75) is 58.2 Å². The summed E-state index contributed by atoms with van der Waals surface area (Å²) in [5, 5.41) is 8.84. The van der Waals surface area contributed by atoms with Gasteiger partial charge in [0.25, 0.3) is 5.91 Å². The molecule has 1 aliphatic rings. The zero-order chi connectivity index (χ0) is 35.5. The topological polar surface area (TPSA) is 135 Å². The lowest BCUT2D eigenvalue weighted by Crippen LogP contribution is -2.51. The Morgan fingerprint density at radius 2 is 1.78 bits per heavy atom. The molecule has 49 heavy (non-hydrogen) atoms. The van der Waals surface area contributed by atoms with Gasteiger partial charge < -0.3 is 35.1 Å². The molecule has 3 N–H and O–H groups in total. The fourth-order valence-electron chi connectivity index (χ4n) is 5.12. The average molecular weight is 697 g/mol. The third-order valence-corrected chi connectivity index (χ3v) is 7.91. The number of ether oxygens (including phenoxy) is 3. The van der Waals surface area contributed by atoms with Gasteiger partial charge in [-0.15, -0.1) is 0 Å². The van der Waals surface area contributed by atoms with E-state index in [0.717, 1.165) is 0 Å². The molecule has 11 nitrogen and oxygen atoms in total. The molecule has 4 amide bonds. The predicted molar refractivity (Wildman–Crippen MR) is 182 cm³/mol. The number of likely N-dealkylation sites (N-methyl/N-ethyl adjacent to an activating group) is 1. The van der Waals surface area contributed by atoms with Crippen LogP contribution in [0.5, 0.6) is 23.0 Å². The van der Waals surface area contributed by atoms with Gasteiger partial charge in [-0.2, -0.15) is 0 Å². The molecule has 1 heterocycles. The lowest BCUT2D eigenvalue weighted by molar-refractivity contribution is -0.136. The maximum absolute atomic E-state index is 14.8. The van der Waals surface area contributed by atoms with Crippen LogP contribution in [0.4, 0.5) is 4.39 Å². The van der Waals surface area contributed by atoms with Gasteiger partial charge in [-0.3, -0.25) is 19.2 Å². The van der Waals surface area contributed by atoms with Crippen LogP contribution in [-0.4, -0.2) is 73.5 Å². The molecule has 262 valence electrons. The Labute approximate surface area is 290 Å². The number of halogens is 2. The van der Waals surface area contributed by atoms with E-state index in [0.29, 0.717) is 17.2 Å². The Hall–Kier alpha value is -4.84. The largest absolute Gasteiger partial charge is 0.491 e. The van der Waals surface area contributed by atoms with Gasteiger partial charge in [-0.1, -0.05) is 43.6 Å². The Morgan fingerprint density at radius 3 is 2.51 bits per heavy atom. The molecule has 0 fully saturated rings. The number of hydrogen-bond acceptors (Lipinski definition) is 7. The minimum Gasteiger partial charge on any atom is -0.491 e. The molecule has 0 saturated carbocycles. The highest BCUT2D eigenvalue weighted by molar-refractivity contribution is 6.30. The number of carbonyl (C=O) groups is 4. The van der Waals surface area contributed by atoms with E-state index in [4.69, 9.17) is 25.8 Å². The Morgan fingerprint density at radius 1 is 1.04 bits per heavy atom. The highest BCUT2D eigenvalue weighted by Crippen LogP contribution is 2.34. The average Bonchev–Trinajstić information content (AvgIpc) is 3.06. The molecule has 0 aromatic heterocycles. The summed E-state index contributed by atoms with van der Waals surface area (Å²) in [7, 11) is 1.63. The van der Waals surface area contributed by atoms with Crippen molar-refractivity contribution < 1.29 is 37.8 Å². The molecule has 0 radical (unpaired) electrons. The summed E-state index contributed by atoms with van der Waals surface area (Å²) in [6.45, 7) is 5.75. The van der Waals surface area contributed by atoms with Crippen LogP contribution in [0.2, 0.25) is 5.02 Å². The normalized spacial score (nSPS) is 18.2. The summed E-state index contributed by atoms with van der Waals surface area (Å²) in [4.78, 5) is 54.8. The van der Waals surface area contributed by atoms with Gasteiger partial charge in [-0.25, -0.2) is 4.39 Å². The first-order valence-corrected chi connectivity index (χ1v) is 16.5. The maximum Gasteiger partial charge on any atom is 0.255 e. The number of nitrogens with zero attached hydrogens (tertiary/aromatic N) is 1. The molecule has 13 heteroatoms. The SMILES string of the molecule is CC(C)C[C@H]1NC(=O)CC[C@@H](C(=O)N[C@H](C)COc2c(F)cccc2Oc2ccc(Cl)cc2)NC(=O)c2ccccc2OCCN(C)C1=O. The van der Waals surface area contributed by atoms with E-state index in [-0.39, 0.29) is 67.2 Å². The fourth-order valence-corrected chi connectivity index (χ4v) is 5.25. The van der Waals surface area contributed by atoms with Crippen molar-refractivity contribution in [3.05, 3.63) is 83.1 Å². The molecule has 1 aliphatic heterocycles. The number of hydrogen-bond donors (Lipinski definition) is 3. The second-order valence-electron chi connectivity index (χ2n) is 12.3. The van der Waals surface area contributed by atoms with Crippen LogP contribution in [0.1, 0.15) is 50.4 Å². The van der Waals surface area contributed by atoms with Crippen LogP contribution < -0.4 is 30.2 Å². The summed E-state index contributed by atoms with van der Waals surface area (Å²) in [6, 6.07) is 14.8. The van der Waals surface area contributed by atoms with E-state index in [1.165, 1.54) is 17.0 Å². The molecule has 3 atom stereocenters. The monoisotopic (exact) mass is 696 g/mol.